The zero-order valence-corrected chi connectivity index (χ0v) is 7.32. The van der Waals surface area contributed by atoms with Crippen LogP contribution in [0.1, 0.15) is 26.2 Å². The van der Waals surface area contributed by atoms with Crippen molar-refractivity contribution in [3.05, 3.63) is 0 Å². The molecule has 2 N–H and O–H groups in total. The third-order valence-corrected chi connectivity index (χ3v) is 1.37. The van der Waals surface area contributed by atoms with E-state index in [4.69, 9.17) is 14.9 Å². The first-order valence-electron chi connectivity index (χ1n) is 4.10. The second kappa shape index (κ2) is 7.06. The lowest BCUT2D eigenvalue weighted by Gasteiger charge is -2.03. The van der Waals surface area contributed by atoms with E-state index in [1.54, 1.807) is 6.92 Å². The van der Waals surface area contributed by atoms with Crippen LogP contribution in [-0.4, -0.2) is 35.5 Å². The van der Waals surface area contributed by atoms with Gasteiger partial charge in [0.15, 0.2) is 0 Å². The lowest BCUT2D eigenvalue weighted by molar-refractivity contribution is -0.138. The van der Waals surface area contributed by atoms with Gasteiger partial charge in [-0.05, 0) is 19.8 Å². The molecule has 0 aromatic carbocycles. The molecule has 1 atom stereocenters. The molecule has 12 heavy (non-hydrogen) atoms. The van der Waals surface area contributed by atoms with Crippen LogP contribution < -0.4 is 0 Å². The van der Waals surface area contributed by atoms with Crippen LogP contribution in [0, 0.1) is 0 Å². The second-order valence-corrected chi connectivity index (χ2v) is 2.75. The Kier molecular flexibility index (Phi) is 6.70. The van der Waals surface area contributed by atoms with Crippen molar-refractivity contribution in [3.63, 3.8) is 0 Å². The number of rotatable bonds is 7. The van der Waals surface area contributed by atoms with E-state index in [0.717, 1.165) is 6.42 Å². The second-order valence-electron chi connectivity index (χ2n) is 2.75. The molecular weight excluding hydrogens is 160 g/mol. The third-order valence-electron chi connectivity index (χ3n) is 1.37. The van der Waals surface area contributed by atoms with Crippen molar-refractivity contribution in [3.8, 4) is 0 Å². The number of hydrogen-bond acceptors (Lipinski definition) is 3. The van der Waals surface area contributed by atoms with Gasteiger partial charge in [-0.3, -0.25) is 4.79 Å². The molecule has 0 aliphatic rings. The van der Waals surface area contributed by atoms with Gasteiger partial charge in [0.2, 0.25) is 0 Å². The van der Waals surface area contributed by atoms with Gasteiger partial charge >= 0.3 is 5.97 Å². The Hall–Kier alpha value is -0.610. The highest BCUT2D eigenvalue weighted by molar-refractivity contribution is 5.66. The molecule has 72 valence electrons. The van der Waals surface area contributed by atoms with Gasteiger partial charge in [-0.1, -0.05) is 0 Å². The zero-order chi connectivity index (χ0) is 9.40. The average Bonchev–Trinajstić information content (AvgIpc) is 1.95. The summed E-state index contributed by atoms with van der Waals surface area (Å²) >= 11 is 0. The highest BCUT2D eigenvalue weighted by atomic mass is 16.5. The van der Waals surface area contributed by atoms with Gasteiger partial charge in [0.25, 0.3) is 0 Å². The quantitative estimate of drug-likeness (QED) is 0.558. The Morgan fingerprint density at radius 2 is 2.17 bits per heavy atom. The smallest absolute Gasteiger partial charge is 0.305 e. The van der Waals surface area contributed by atoms with E-state index in [1.165, 1.54) is 0 Å². The van der Waals surface area contributed by atoms with Gasteiger partial charge in [-0.2, -0.15) is 0 Å². The summed E-state index contributed by atoms with van der Waals surface area (Å²) in [6.07, 6.45) is 1.23. The molecule has 4 heteroatoms. The maximum atomic E-state index is 10.0. The predicted molar refractivity (Wildman–Crippen MR) is 44.0 cm³/mol. The fourth-order valence-corrected chi connectivity index (χ4v) is 0.742. The first-order chi connectivity index (χ1) is 5.63. The van der Waals surface area contributed by atoms with Gasteiger partial charge < -0.3 is 14.9 Å². The Labute approximate surface area is 72.2 Å². The van der Waals surface area contributed by atoms with E-state index in [1.807, 2.05) is 0 Å². The molecule has 0 fully saturated rings. The van der Waals surface area contributed by atoms with Crippen LogP contribution in [0.25, 0.3) is 0 Å². The zero-order valence-electron chi connectivity index (χ0n) is 7.32. The Bertz CT molecular complexity index is 122. The van der Waals surface area contributed by atoms with Crippen molar-refractivity contribution in [2.24, 2.45) is 0 Å². The molecule has 0 rings (SSSR count). The fourth-order valence-electron chi connectivity index (χ4n) is 0.742. The van der Waals surface area contributed by atoms with Crippen molar-refractivity contribution >= 4 is 5.97 Å². The molecule has 4 nitrogen and oxygen atoms in total. The fraction of sp³-hybridized carbons (Fsp3) is 0.875. The maximum Gasteiger partial charge on any atom is 0.305 e. The van der Waals surface area contributed by atoms with Crippen LogP contribution >= 0.6 is 0 Å². The van der Waals surface area contributed by atoms with Crippen molar-refractivity contribution in [2.75, 3.05) is 13.2 Å². The Morgan fingerprint density at radius 1 is 1.50 bits per heavy atom. The van der Waals surface area contributed by atoms with E-state index < -0.39 is 5.97 Å². The highest BCUT2D eigenvalue weighted by Crippen LogP contribution is 1.96. The minimum atomic E-state index is -0.842. The van der Waals surface area contributed by atoms with E-state index in [9.17, 15) is 4.79 Å². The number of carboxylic acid groups (broad SMARTS) is 1. The summed E-state index contributed by atoms with van der Waals surface area (Å²) in [4.78, 5) is 10.0. The Morgan fingerprint density at radius 3 is 2.67 bits per heavy atom. The van der Waals surface area contributed by atoms with Crippen LogP contribution in [0.4, 0.5) is 0 Å². The number of aliphatic carboxylic acids is 1. The van der Waals surface area contributed by atoms with E-state index in [-0.39, 0.29) is 19.1 Å². The lowest BCUT2D eigenvalue weighted by Crippen LogP contribution is -2.06. The molecule has 0 aromatic rings. The summed E-state index contributed by atoms with van der Waals surface area (Å²) < 4.78 is 5.00. The average molecular weight is 176 g/mol. The molecule has 0 bridgehead atoms. The largest absolute Gasteiger partial charge is 0.481 e. The molecule has 1 unspecified atom stereocenters. The molecule has 0 heterocycles. The molecule has 0 spiro atoms. The van der Waals surface area contributed by atoms with Crippen LogP contribution in [0.2, 0.25) is 0 Å². The Balaban J connectivity index is 2.96. The molecular formula is C8H16O4. The molecule has 0 radical (unpaired) electrons. The molecule has 0 saturated heterocycles. The first kappa shape index (κ1) is 11.4. The highest BCUT2D eigenvalue weighted by Gasteiger charge is 1.97. The maximum absolute atomic E-state index is 10.0. The van der Waals surface area contributed by atoms with E-state index in [0.29, 0.717) is 13.0 Å². The summed E-state index contributed by atoms with van der Waals surface area (Å²) in [5.41, 5.74) is 0. The van der Waals surface area contributed by atoms with Crippen molar-refractivity contribution in [2.45, 2.75) is 32.3 Å². The molecule has 0 amide bonds. The van der Waals surface area contributed by atoms with Crippen molar-refractivity contribution < 1.29 is 19.7 Å². The van der Waals surface area contributed by atoms with E-state index in [2.05, 4.69) is 0 Å². The minimum Gasteiger partial charge on any atom is -0.481 e. The van der Waals surface area contributed by atoms with Crippen LogP contribution in [0.15, 0.2) is 0 Å². The third kappa shape index (κ3) is 9.39. The van der Waals surface area contributed by atoms with Gasteiger partial charge in [0.05, 0.1) is 19.1 Å². The topological polar surface area (TPSA) is 66.8 Å². The van der Waals surface area contributed by atoms with E-state index >= 15 is 0 Å². The summed E-state index contributed by atoms with van der Waals surface area (Å²) in [7, 11) is 0. The van der Waals surface area contributed by atoms with Crippen molar-refractivity contribution in [1.82, 2.24) is 0 Å². The molecule has 0 aliphatic heterocycles. The SMILES string of the molecule is CC(O)CCCOCCC(=O)O. The molecule has 0 saturated carbocycles. The van der Waals surface area contributed by atoms with Crippen LogP contribution in [-0.2, 0) is 9.53 Å². The minimum absolute atomic E-state index is 0.0503. The summed E-state index contributed by atoms with van der Waals surface area (Å²) in [6, 6.07) is 0. The summed E-state index contributed by atoms with van der Waals surface area (Å²) in [5, 5.41) is 17.1. The number of carboxylic acids is 1. The standard InChI is InChI=1S/C8H16O4/c1-7(9)3-2-5-12-6-4-8(10)11/h7,9H,2-6H2,1H3,(H,10,11). The van der Waals surface area contributed by atoms with Gasteiger partial charge in [0, 0.05) is 6.61 Å². The summed E-state index contributed by atoms with van der Waals surface area (Å²) in [6.45, 7) is 2.50. The number of ether oxygens (including phenoxy) is 1. The number of aliphatic hydroxyl groups excluding tert-OH is 1. The monoisotopic (exact) mass is 176 g/mol. The first-order valence-corrected chi connectivity index (χ1v) is 4.10. The number of carbonyl (C=O) groups is 1. The predicted octanol–water partition coefficient (Wildman–Crippen LogP) is 0.639. The van der Waals surface area contributed by atoms with Crippen LogP contribution in [0.3, 0.4) is 0 Å². The number of aliphatic hydroxyl groups is 1. The van der Waals surface area contributed by atoms with Gasteiger partial charge in [-0.15, -0.1) is 0 Å². The van der Waals surface area contributed by atoms with Crippen molar-refractivity contribution in [1.29, 1.82) is 0 Å². The lowest BCUT2D eigenvalue weighted by atomic mass is 10.2. The molecule has 0 aliphatic carbocycles. The molecule has 0 aromatic heterocycles. The summed E-state index contributed by atoms with van der Waals surface area (Å²) in [5.74, 6) is -0.842. The normalized spacial score (nSPS) is 12.8. The van der Waals surface area contributed by atoms with Gasteiger partial charge in [-0.25, -0.2) is 0 Å². The number of hydrogen-bond donors (Lipinski definition) is 2. The van der Waals surface area contributed by atoms with Crippen LogP contribution in [0.5, 0.6) is 0 Å². The van der Waals surface area contributed by atoms with Gasteiger partial charge in [0.1, 0.15) is 0 Å².